The summed E-state index contributed by atoms with van der Waals surface area (Å²) in [5.74, 6) is -0.358. The molecule has 0 atom stereocenters. The topological polar surface area (TPSA) is 118 Å². The van der Waals surface area contributed by atoms with Crippen LogP contribution in [0.15, 0.2) is 60.9 Å². The number of anilines is 1. The molecule has 0 unspecified atom stereocenters. The predicted octanol–water partition coefficient (Wildman–Crippen LogP) is 5.02. The molecule has 0 saturated carbocycles. The zero-order chi connectivity index (χ0) is 29.1. The Bertz CT molecular complexity index is 1560. The number of benzene rings is 2. The maximum Gasteiger partial charge on any atom is 0.416 e. The van der Waals surface area contributed by atoms with E-state index in [-0.39, 0.29) is 18.5 Å². The van der Waals surface area contributed by atoms with Crippen molar-refractivity contribution in [2.24, 2.45) is 5.73 Å². The number of pyridine rings is 1. The van der Waals surface area contributed by atoms with E-state index in [1.165, 1.54) is 18.3 Å². The molecular formula is C29H30F3N7O2. The highest BCUT2D eigenvalue weighted by Crippen LogP contribution is 2.32. The maximum absolute atomic E-state index is 13.5. The minimum absolute atomic E-state index is 0.00752. The Morgan fingerprint density at radius 3 is 2.41 bits per heavy atom. The molecule has 0 bridgehead atoms. The fourth-order valence-corrected chi connectivity index (χ4v) is 5.10. The molecule has 9 nitrogen and oxygen atoms in total. The van der Waals surface area contributed by atoms with Gasteiger partial charge in [0, 0.05) is 38.4 Å². The van der Waals surface area contributed by atoms with Gasteiger partial charge < -0.3 is 21.3 Å². The summed E-state index contributed by atoms with van der Waals surface area (Å²) in [7, 11) is 0. The quantitative estimate of drug-likeness (QED) is 0.291. The number of aryl methyl sites for hydroxylation is 1. The lowest BCUT2D eigenvalue weighted by Gasteiger charge is -2.32. The van der Waals surface area contributed by atoms with Crippen LogP contribution in [-0.2, 0) is 19.3 Å². The summed E-state index contributed by atoms with van der Waals surface area (Å²) < 4.78 is 40.9. The average Bonchev–Trinajstić information content (AvgIpc) is 3.40. The van der Waals surface area contributed by atoms with Gasteiger partial charge >= 0.3 is 12.2 Å². The van der Waals surface area contributed by atoms with Gasteiger partial charge in [0.15, 0.2) is 5.65 Å². The number of nitrogens with one attached hydrogen (secondary N) is 2. The lowest BCUT2D eigenvalue weighted by molar-refractivity contribution is -0.137. The molecule has 3 amide bonds. The number of aromatic nitrogens is 3. The number of fused-ring (bicyclic) bond motifs is 1. The van der Waals surface area contributed by atoms with Crippen molar-refractivity contribution >= 4 is 28.7 Å². The van der Waals surface area contributed by atoms with Crippen LogP contribution >= 0.6 is 0 Å². The summed E-state index contributed by atoms with van der Waals surface area (Å²) in [5.41, 5.74) is 8.39. The molecular weight excluding hydrogens is 535 g/mol. The third-order valence-electron chi connectivity index (χ3n) is 7.35. The normalized spacial score (nSPS) is 14.3. The molecule has 0 aliphatic carbocycles. The number of piperidine rings is 1. The molecule has 2 aromatic carbocycles. The second kappa shape index (κ2) is 11.5. The molecule has 12 heteroatoms. The Morgan fingerprint density at radius 1 is 1.05 bits per heavy atom. The van der Waals surface area contributed by atoms with Crippen LogP contribution in [0.3, 0.4) is 0 Å². The Labute approximate surface area is 234 Å². The third-order valence-corrected chi connectivity index (χ3v) is 7.35. The number of carbonyl (C=O) groups excluding carboxylic acids is 2. The molecule has 1 aliphatic heterocycles. The highest BCUT2D eigenvalue weighted by atomic mass is 19.4. The highest BCUT2D eigenvalue weighted by Gasteiger charge is 2.30. The van der Waals surface area contributed by atoms with Crippen molar-refractivity contribution in [3.05, 3.63) is 77.6 Å². The summed E-state index contributed by atoms with van der Waals surface area (Å²) in [4.78, 5) is 31.2. The van der Waals surface area contributed by atoms with Gasteiger partial charge in [-0.1, -0.05) is 36.4 Å². The maximum atomic E-state index is 13.5. The number of nitrogens with zero attached hydrogens (tertiary/aromatic N) is 4. The Morgan fingerprint density at radius 2 is 1.76 bits per heavy atom. The molecule has 1 fully saturated rings. The fourth-order valence-electron chi connectivity index (χ4n) is 5.10. The first-order valence-corrected chi connectivity index (χ1v) is 13.3. The number of hydrogen-bond acceptors (Lipinski definition) is 5. The number of amides is 3. The van der Waals surface area contributed by atoms with Gasteiger partial charge in [-0.3, -0.25) is 4.79 Å². The molecule has 4 aromatic rings. The van der Waals surface area contributed by atoms with E-state index in [0.29, 0.717) is 60.3 Å². The van der Waals surface area contributed by atoms with Crippen LogP contribution in [0, 0.1) is 0 Å². The van der Waals surface area contributed by atoms with Crippen molar-refractivity contribution in [1.82, 2.24) is 25.0 Å². The smallest absolute Gasteiger partial charge is 0.381 e. The standard InChI is InChI=1S/C29H30F3N7O2/c1-2-39-26-23(17-36-39)25(37-21-11-13-38(14-12-21)28(33)41)24(16-34-26)27(40)35-15-19-5-3-4-6-22(19)18-7-9-20(10-8-18)29(30,31)32/h3-10,16-17,21H,2,11-15H2,1H3,(H2,33,41)(H,34,37)(H,35,40). The monoisotopic (exact) mass is 565 g/mol. The summed E-state index contributed by atoms with van der Waals surface area (Å²) in [6, 6.07) is 11.8. The van der Waals surface area contributed by atoms with Crippen LogP contribution in [0.25, 0.3) is 22.2 Å². The van der Waals surface area contributed by atoms with Gasteiger partial charge in [0.2, 0.25) is 0 Å². The molecule has 1 saturated heterocycles. The minimum atomic E-state index is -4.42. The third kappa shape index (κ3) is 5.96. The Kier molecular flexibility index (Phi) is 7.82. The second-order valence-electron chi connectivity index (χ2n) is 9.90. The predicted molar refractivity (Wildman–Crippen MR) is 149 cm³/mol. The second-order valence-corrected chi connectivity index (χ2v) is 9.90. The number of urea groups is 1. The lowest BCUT2D eigenvalue weighted by Crippen LogP contribution is -2.44. The van der Waals surface area contributed by atoms with Crippen molar-refractivity contribution in [1.29, 1.82) is 0 Å². The first-order valence-electron chi connectivity index (χ1n) is 13.3. The number of alkyl halides is 3. The van der Waals surface area contributed by atoms with Gasteiger partial charge in [0.25, 0.3) is 5.91 Å². The van der Waals surface area contributed by atoms with Gasteiger partial charge in [-0.2, -0.15) is 18.3 Å². The van der Waals surface area contributed by atoms with Gasteiger partial charge in [-0.15, -0.1) is 0 Å². The summed E-state index contributed by atoms with van der Waals surface area (Å²) in [5, 5.41) is 11.6. The zero-order valence-corrected chi connectivity index (χ0v) is 22.4. The number of rotatable bonds is 7. The van der Waals surface area contributed by atoms with Gasteiger partial charge in [0.05, 0.1) is 28.4 Å². The molecule has 5 rings (SSSR count). The van der Waals surface area contributed by atoms with E-state index in [1.807, 2.05) is 25.1 Å². The van der Waals surface area contributed by atoms with E-state index in [1.54, 1.807) is 21.8 Å². The Hall–Kier alpha value is -4.61. The van der Waals surface area contributed by atoms with Gasteiger partial charge in [0.1, 0.15) is 0 Å². The molecule has 0 spiro atoms. The van der Waals surface area contributed by atoms with Crippen molar-refractivity contribution in [3.8, 4) is 11.1 Å². The van der Waals surface area contributed by atoms with Crippen LogP contribution in [0.1, 0.15) is 41.3 Å². The molecule has 4 N–H and O–H groups in total. The molecule has 1 aliphatic rings. The fraction of sp³-hybridized carbons (Fsp3) is 0.310. The largest absolute Gasteiger partial charge is 0.416 e. The number of nitrogens with two attached hydrogens (primary N) is 1. The van der Waals surface area contributed by atoms with Gasteiger partial charge in [-0.05, 0) is 48.6 Å². The Balaban J connectivity index is 1.38. The van der Waals surface area contributed by atoms with E-state index < -0.39 is 17.8 Å². The first kappa shape index (κ1) is 27.9. The van der Waals surface area contributed by atoms with E-state index in [9.17, 15) is 22.8 Å². The number of hydrogen-bond donors (Lipinski definition) is 3. The first-order chi connectivity index (χ1) is 19.7. The summed E-state index contributed by atoms with van der Waals surface area (Å²) >= 11 is 0. The molecule has 214 valence electrons. The molecule has 0 radical (unpaired) electrons. The summed E-state index contributed by atoms with van der Waals surface area (Å²) in [6.07, 6.45) is 0.114. The number of carbonyl (C=O) groups is 2. The van der Waals surface area contributed by atoms with Crippen LogP contribution in [0.4, 0.5) is 23.7 Å². The van der Waals surface area contributed by atoms with E-state index in [4.69, 9.17) is 5.73 Å². The van der Waals surface area contributed by atoms with Crippen LogP contribution in [0.2, 0.25) is 0 Å². The number of primary amides is 1. The van der Waals surface area contributed by atoms with E-state index in [2.05, 4.69) is 20.7 Å². The van der Waals surface area contributed by atoms with Crippen molar-refractivity contribution in [3.63, 3.8) is 0 Å². The number of halogens is 3. The van der Waals surface area contributed by atoms with Crippen molar-refractivity contribution < 1.29 is 22.8 Å². The van der Waals surface area contributed by atoms with Crippen molar-refractivity contribution in [2.75, 3.05) is 18.4 Å². The molecule has 2 aromatic heterocycles. The molecule has 3 heterocycles. The van der Waals surface area contributed by atoms with Crippen LogP contribution in [-0.4, -0.2) is 50.7 Å². The average molecular weight is 566 g/mol. The molecule has 41 heavy (non-hydrogen) atoms. The minimum Gasteiger partial charge on any atom is -0.381 e. The highest BCUT2D eigenvalue weighted by molar-refractivity contribution is 6.06. The van der Waals surface area contributed by atoms with Gasteiger partial charge in [-0.25, -0.2) is 14.5 Å². The van der Waals surface area contributed by atoms with E-state index in [0.717, 1.165) is 23.3 Å². The lowest BCUT2D eigenvalue weighted by atomic mass is 9.98. The number of likely N-dealkylation sites (tertiary alicyclic amines) is 1. The van der Waals surface area contributed by atoms with E-state index >= 15 is 0 Å². The SMILES string of the molecule is CCn1ncc2c(NC3CCN(C(N)=O)CC3)c(C(=O)NCc3ccccc3-c3ccc(C(F)(F)F)cc3)cnc21. The van der Waals surface area contributed by atoms with Crippen LogP contribution < -0.4 is 16.4 Å². The van der Waals surface area contributed by atoms with Crippen LogP contribution in [0.5, 0.6) is 0 Å². The van der Waals surface area contributed by atoms with Crippen molar-refractivity contribution in [2.45, 2.75) is 45.1 Å². The zero-order valence-electron chi connectivity index (χ0n) is 22.4. The summed E-state index contributed by atoms with van der Waals surface area (Å²) in [6.45, 7) is 3.74.